The second-order valence-corrected chi connectivity index (χ2v) is 6.04. The first-order valence-electron chi connectivity index (χ1n) is 6.23. The molecule has 2 atom stereocenters. The van der Waals surface area contributed by atoms with E-state index in [0.29, 0.717) is 16.7 Å². The van der Waals surface area contributed by atoms with E-state index in [4.69, 9.17) is 11.6 Å². The first-order chi connectivity index (χ1) is 9.11. The quantitative estimate of drug-likeness (QED) is 0.527. The Morgan fingerprint density at radius 1 is 1.47 bits per heavy atom. The van der Waals surface area contributed by atoms with Crippen molar-refractivity contribution in [1.29, 1.82) is 0 Å². The van der Waals surface area contributed by atoms with Gasteiger partial charge in [-0.1, -0.05) is 24.2 Å². The van der Waals surface area contributed by atoms with E-state index < -0.39 is 4.92 Å². The van der Waals surface area contributed by atoms with Gasteiger partial charge in [0.1, 0.15) is 0 Å². The van der Waals surface area contributed by atoms with Crippen molar-refractivity contribution in [2.75, 3.05) is 5.88 Å². The topological polar surface area (TPSA) is 72.2 Å². The molecule has 19 heavy (non-hydrogen) atoms. The van der Waals surface area contributed by atoms with Gasteiger partial charge in [-0.15, -0.1) is 11.6 Å². The molecule has 0 saturated heterocycles. The Balaban J connectivity index is 2.01. The number of carbonyl (C=O) groups excluding carboxylic acids is 1. The fourth-order valence-corrected chi connectivity index (χ4v) is 3.46. The zero-order chi connectivity index (χ0) is 13.8. The summed E-state index contributed by atoms with van der Waals surface area (Å²) in [5.41, 5.74) is 0. The lowest BCUT2D eigenvalue weighted by Gasteiger charge is -2.30. The SMILES string of the molecule is O=C(NC1CCCCC1CCl)c1ccc([N+](=O)[O-])s1. The average molecular weight is 303 g/mol. The molecule has 1 aromatic rings. The molecule has 0 radical (unpaired) electrons. The van der Waals surface area contributed by atoms with Crippen molar-refractivity contribution in [3.63, 3.8) is 0 Å². The molecule has 1 aliphatic rings. The van der Waals surface area contributed by atoms with Gasteiger partial charge in [-0.05, 0) is 24.8 Å². The highest BCUT2D eigenvalue weighted by Crippen LogP contribution is 2.27. The largest absolute Gasteiger partial charge is 0.348 e. The number of nitro groups is 1. The zero-order valence-electron chi connectivity index (χ0n) is 10.3. The molecule has 1 N–H and O–H groups in total. The average Bonchev–Trinajstić information content (AvgIpc) is 2.89. The molecular formula is C12H15ClN2O3S. The van der Waals surface area contributed by atoms with E-state index >= 15 is 0 Å². The second-order valence-electron chi connectivity index (χ2n) is 4.67. The molecule has 104 valence electrons. The fraction of sp³-hybridized carbons (Fsp3) is 0.583. The van der Waals surface area contributed by atoms with Crippen LogP contribution < -0.4 is 5.32 Å². The Bertz CT molecular complexity index is 477. The Morgan fingerprint density at radius 3 is 2.84 bits per heavy atom. The van der Waals surface area contributed by atoms with Crippen molar-refractivity contribution >= 4 is 33.8 Å². The highest BCUT2D eigenvalue weighted by atomic mass is 35.5. The predicted octanol–water partition coefficient (Wildman–Crippen LogP) is 3.18. The third-order valence-electron chi connectivity index (χ3n) is 3.42. The third-order valence-corrected chi connectivity index (χ3v) is 4.85. The van der Waals surface area contributed by atoms with Crippen LogP contribution in [-0.2, 0) is 0 Å². The normalized spacial score (nSPS) is 23.0. The van der Waals surface area contributed by atoms with Gasteiger partial charge in [0.2, 0.25) is 0 Å². The molecular weight excluding hydrogens is 288 g/mol. The van der Waals surface area contributed by atoms with Crippen LogP contribution in [0.4, 0.5) is 5.00 Å². The van der Waals surface area contributed by atoms with Crippen molar-refractivity contribution in [2.24, 2.45) is 5.92 Å². The number of nitrogens with one attached hydrogen (secondary N) is 1. The Labute approximate surface area is 120 Å². The van der Waals surface area contributed by atoms with Crippen molar-refractivity contribution in [3.05, 3.63) is 27.1 Å². The maximum atomic E-state index is 12.0. The Morgan fingerprint density at radius 2 is 2.21 bits per heavy atom. The lowest BCUT2D eigenvalue weighted by molar-refractivity contribution is -0.380. The highest BCUT2D eigenvalue weighted by Gasteiger charge is 2.27. The molecule has 1 saturated carbocycles. The number of amides is 1. The van der Waals surface area contributed by atoms with E-state index in [1.54, 1.807) is 0 Å². The molecule has 1 heterocycles. The molecule has 1 fully saturated rings. The van der Waals surface area contributed by atoms with E-state index in [1.807, 2.05) is 0 Å². The minimum absolute atomic E-state index is 0.0114. The molecule has 0 spiro atoms. The molecule has 2 rings (SSSR count). The van der Waals surface area contributed by atoms with Crippen LogP contribution in [0.5, 0.6) is 0 Å². The smallest absolute Gasteiger partial charge is 0.324 e. The van der Waals surface area contributed by atoms with Gasteiger partial charge in [0.25, 0.3) is 5.91 Å². The van der Waals surface area contributed by atoms with Gasteiger partial charge >= 0.3 is 5.00 Å². The number of rotatable bonds is 4. The van der Waals surface area contributed by atoms with Crippen molar-refractivity contribution in [3.8, 4) is 0 Å². The van der Waals surface area contributed by atoms with E-state index in [2.05, 4.69) is 5.32 Å². The van der Waals surface area contributed by atoms with Gasteiger partial charge in [0.15, 0.2) is 0 Å². The summed E-state index contributed by atoms with van der Waals surface area (Å²) < 4.78 is 0. The molecule has 2 unspecified atom stereocenters. The number of hydrogen-bond donors (Lipinski definition) is 1. The number of carbonyl (C=O) groups is 1. The second kappa shape index (κ2) is 6.34. The van der Waals surface area contributed by atoms with Crippen LogP contribution in [0.1, 0.15) is 35.4 Å². The molecule has 7 heteroatoms. The van der Waals surface area contributed by atoms with E-state index in [1.165, 1.54) is 12.1 Å². The number of thiophene rings is 1. The standard InChI is InChI=1S/C12H15ClN2O3S/c13-7-8-3-1-2-4-9(8)14-12(16)10-5-6-11(19-10)15(17)18/h5-6,8-9H,1-4,7H2,(H,14,16). The summed E-state index contributed by atoms with van der Waals surface area (Å²) in [6.45, 7) is 0. The van der Waals surface area contributed by atoms with Gasteiger partial charge in [-0.25, -0.2) is 0 Å². The number of halogens is 1. The van der Waals surface area contributed by atoms with Gasteiger partial charge < -0.3 is 5.32 Å². The van der Waals surface area contributed by atoms with Gasteiger partial charge in [0, 0.05) is 18.0 Å². The van der Waals surface area contributed by atoms with Gasteiger partial charge in [-0.3, -0.25) is 14.9 Å². The molecule has 1 aromatic heterocycles. The summed E-state index contributed by atoms with van der Waals surface area (Å²) in [4.78, 5) is 22.5. The zero-order valence-corrected chi connectivity index (χ0v) is 11.9. The van der Waals surface area contributed by atoms with Crippen LogP contribution in [0.15, 0.2) is 12.1 Å². The summed E-state index contributed by atoms with van der Waals surface area (Å²) in [7, 11) is 0. The van der Waals surface area contributed by atoms with Crippen LogP contribution in [0.2, 0.25) is 0 Å². The first kappa shape index (κ1) is 14.3. The van der Waals surface area contributed by atoms with E-state index in [0.717, 1.165) is 37.0 Å². The van der Waals surface area contributed by atoms with Crippen molar-refractivity contribution in [1.82, 2.24) is 5.32 Å². The van der Waals surface area contributed by atoms with Crippen LogP contribution in [0.3, 0.4) is 0 Å². The fourth-order valence-electron chi connectivity index (χ4n) is 2.37. The lowest BCUT2D eigenvalue weighted by Crippen LogP contribution is -2.42. The van der Waals surface area contributed by atoms with E-state index in [-0.39, 0.29) is 17.0 Å². The van der Waals surface area contributed by atoms with Crippen molar-refractivity contribution < 1.29 is 9.72 Å². The predicted molar refractivity (Wildman–Crippen MR) is 74.9 cm³/mol. The molecule has 0 aliphatic heterocycles. The number of nitrogens with zero attached hydrogens (tertiary/aromatic N) is 1. The van der Waals surface area contributed by atoms with Crippen LogP contribution >= 0.6 is 22.9 Å². The molecule has 0 aromatic carbocycles. The molecule has 0 bridgehead atoms. The number of hydrogen-bond acceptors (Lipinski definition) is 4. The summed E-state index contributed by atoms with van der Waals surface area (Å²) in [6, 6.07) is 2.94. The Kier molecular flexibility index (Phi) is 4.76. The summed E-state index contributed by atoms with van der Waals surface area (Å²) in [6.07, 6.45) is 4.19. The van der Waals surface area contributed by atoms with Gasteiger partial charge in [0.05, 0.1) is 9.80 Å². The van der Waals surface area contributed by atoms with Crippen LogP contribution in [-0.4, -0.2) is 22.8 Å². The monoisotopic (exact) mass is 302 g/mol. The minimum Gasteiger partial charge on any atom is -0.348 e. The summed E-state index contributed by atoms with van der Waals surface area (Å²) in [5, 5.41) is 13.5. The summed E-state index contributed by atoms with van der Waals surface area (Å²) in [5.74, 6) is 0.602. The number of alkyl halides is 1. The molecule has 1 aliphatic carbocycles. The van der Waals surface area contributed by atoms with Crippen LogP contribution in [0, 0.1) is 16.0 Å². The first-order valence-corrected chi connectivity index (χ1v) is 7.58. The van der Waals surface area contributed by atoms with Crippen molar-refractivity contribution in [2.45, 2.75) is 31.7 Å². The third kappa shape index (κ3) is 3.45. The van der Waals surface area contributed by atoms with Gasteiger partial charge in [-0.2, -0.15) is 0 Å². The summed E-state index contributed by atoms with van der Waals surface area (Å²) >= 11 is 6.81. The molecule has 1 amide bonds. The molecule has 5 nitrogen and oxygen atoms in total. The Hall–Kier alpha value is -1.14. The highest BCUT2D eigenvalue weighted by molar-refractivity contribution is 7.17. The maximum Gasteiger partial charge on any atom is 0.324 e. The lowest BCUT2D eigenvalue weighted by atomic mass is 9.86. The van der Waals surface area contributed by atoms with E-state index in [9.17, 15) is 14.9 Å². The minimum atomic E-state index is -0.483. The maximum absolute atomic E-state index is 12.0. The van der Waals surface area contributed by atoms with Crippen LogP contribution in [0.25, 0.3) is 0 Å².